The molecule has 0 amide bonds. The average Bonchev–Trinajstić information content (AvgIpc) is 3.21. The number of methoxy groups -OCH3 is 2. The van der Waals surface area contributed by atoms with Gasteiger partial charge in [0.05, 0.1) is 7.11 Å². The molecular weight excluding hydrogens is 400 g/mol. The quantitative estimate of drug-likeness (QED) is 0.499. The van der Waals surface area contributed by atoms with Crippen LogP contribution in [0, 0.1) is 0 Å². The highest BCUT2D eigenvalue weighted by Gasteiger charge is 2.16. The maximum atomic E-state index is 12.8. The Morgan fingerprint density at radius 2 is 1.77 bits per heavy atom. The van der Waals surface area contributed by atoms with E-state index in [1.165, 1.54) is 4.57 Å². The van der Waals surface area contributed by atoms with Crippen LogP contribution in [0.2, 0.25) is 0 Å². The van der Waals surface area contributed by atoms with E-state index in [0.29, 0.717) is 48.0 Å². The lowest BCUT2D eigenvalue weighted by Gasteiger charge is -2.10. The van der Waals surface area contributed by atoms with Crippen LogP contribution in [0.1, 0.15) is 38.1 Å². The molecule has 0 bridgehead atoms. The second-order valence-corrected chi connectivity index (χ2v) is 7.01. The van der Waals surface area contributed by atoms with Crippen molar-refractivity contribution in [3.05, 3.63) is 50.4 Å². The number of fused-ring (bicyclic) bond motifs is 1. The van der Waals surface area contributed by atoms with Crippen LogP contribution in [0.25, 0.3) is 23.3 Å². The van der Waals surface area contributed by atoms with Crippen molar-refractivity contribution in [3.8, 4) is 11.5 Å². The highest BCUT2D eigenvalue weighted by atomic mass is 16.7. The molecule has 0 unspecified atom stereocenters. The first-order valence-corrected chi connectivity index (χ1v) is 10.2. The molecule has 0 aliphatic carbocycles. The van der Waals surface area contributed by atoms with Crippen LogP contribution in [-0.4, -0.2) is 40.1 Å². The zero-order valence-electron chi connectivity index (χ0n) is 18.3. The summed E-state index contributed by atoms with van der Waals surface area (Å²) in [7, 11) is 3.12. The van der Waals surface area contributed by atoms with Gasteiger partial charge in [-0.05, 0) is 36.6 Å². The Hall–Kier alpha value is -3.33. The number of hydrogen-bond donors (Lipinski definition) is 1. The fourth-order valence-electron chi connectivity index (χ4n) is 3.31. The molecule has 0 aliphatic heterocycles. The summed E-state index contributed by atoms with van der Waals surface area (Å²) in [6.07, 6.45) is 5.05. The molecule has 0 spiro atoms. The summed E-state index contributed by atoms with van der Waals surface area (Å²) in [6, 6.07) is 5.48. The molecule has 1 aromatic carbocycles. The molecule has 0 aliphatic rings. The molecule has 1 N–H and O–H groups in total. The van der Waals surface area contributed by atoms with Crippen LogP contribution >= 0.6 is 0 Å². The summed E-state index contributed by atoms with van der Waals surface area (Å²) in [5, 5.41) is 0. The SMILES string of the molecule is CCCn1c(=O)c2[nH]c(C=Cc3ccc(OCOC)c(OC)c3)nc2n(CCC)c1=O. The molecule has 3 aromatic rings. The van der Waals surface area contributed by atoms with Gasteiger partial charge in [0, 0.05) is 20.2 Å². The average molecular weight is 428 g/mol. The molecule has 0 saturated heterocycles. The van der Waals surface area contributed by atoms with Crippen LogP contribution in [0.15, 0.2) is 27.8 Å². The van der Waals surface area contributed by atoms with Crippen LogP contribution < -0.4 is 20.7 Å². The van der Waals surface area contributed by atoms with E-state index in [1.54, 1.807) is 30.9 Å². The zero-order chi connectivity index (χ0) is 22.4. The molecule has 0 saturated carbocycles. The number of aromatic amines is 1. The van der Waals surface area contributed by atoms with Crippen LogP contribution in [0.5, 0.6) is 11.5 Å². The summed E-state index contributed by atoms with van der Waals surface area (Å²) < 4.78 is 18.6. The molecular formula is C22H28N4O5. The fraction of sp³-hybridized carbons (Fsp3) is 0.409. The molecule has 0 radical (unpaired) electrons. The second kappa shape index (κ2) is 10.1. The van der Waals surface area contributed by atoms with Crippen molar-refractivity contribution in [2.75, 3.05) is 21.0 Å². The topological polar surface area (TPSA) is 100 Å². The Morgan fingerprint density at radius 1 is 1.03 bits per heavy atom. The van der Waals surface area contributed by atoms with Crippen molar-refractivity contribution in [1.82, 2.24) is 19.1 Å². The molecule has 31 heavy (non-hydrogen) atoms. The molecule has 166 valence electrons. The minimum Gasteiger partial charge on any atom is -0.493 e. The minimum atomic E-state index is -0.345. The van der Waals surface area contributed by atoms with E-state index in [-0.39, 0.29) is 18.0 Å². The van der Waals surface area contributed by atoms with Gasteiger partial charge in [-0.25, -0.2) is 9.78 Å². The highest BCUT2D eigenvalue weighted by molar-refractivity contribution is 5.76. The summed E-state index contributed by atoms with van der Waals surface area (Å²) in [4.78, 5) is 33.1. The van der Waals surface area contributed by atoms with E-state index >= 15 is 0 Å². The second-order valence-electron chi connectivity index (χ2n) is 7.01. The Bertz CT molecular complexity index is 1190. The van der Waals surface area contributed by atoms with Crippen molar-refractivity contribution < 1.29 is 14.2 Å². The van der Waals surface area contributed by atoms with Gasteiger partial charge in [-0.2, -0.15) is 0 Å². The van der Waals surface area contributed by atoms with Gasteiger partial charge in [0.15, 0.2) is 23.9 Å². The van der Waals surface area contributed by atoms with E-state index in [1.807, 2.05) is 32.1 Å². The van der Waals surface area contributed by atoms with Crippen molar-refractivity contribution in [3.63, 3.8) is 0 Å². The smallest absolute Gasteiger partial charge is 0.332 e. The number of rotatable bonds is 10. The summed E-state index contributed by atoms with van der Waals surface area (Å²) >= 11 is 0. The van der Waals surface area contributed by atoms with Crippen LogP contribution in [-0.2, 0) is 17.8 Å². The fourth-order valence-corrected chi connectivity index (χ4v) is 3.31. The first-order valence-electron chi connectivity index (χ1n) is 10.2. The number of aromatic nitrogens is 4. The number of nitrogens with zero attached hydrogens (tertiary/aromatic N) is 3. The third-order valence-electron chi connectivity index (χ3n) is 4.73. The number of benzene rings is 1. The van der Waals surface area contributed by atoms with E-state index in [9.17, 15) is 9.59 Å². The maximum Gasteiger partial charge on any atom is 0.332 e. The van der Waals surface area contributed by atoms with E-state index < -0.39 is 0 Å². The van der Waals surface area contributed by atoms with E-state index in [2.05, 4.69) is 9.97 Å². The first kappa shape index (κ1) is 22.4. The van der Waals surface area contributed by atoms with E-state index in [4.69, 9.17) is 14.2 Å². The highest BCUT2D eigenvalue weighted by Crippen LogP contribution is 2.28. The van der Waals surface area contributed by atoms with Gasteiger partial charge < -0.3 is 19.2 Å². The molecule has 9 heteroatoms. The molecule has 2 heterocycles. The van der Waals surface area contributed by atoms with Gasteiger partial charge in [0.2, 0.25) is 0 Å². The number of H-pyrrole nitrogens is 1. The zero-order valence-corrected chi connectivity index (χ0v) is 18.3. The van der Waals surface area contributed by atoms with Crippen molar-refractivity contribution in [2.45, 2.75) is 39.8 Å². The van der Waals surface area contributed by atoms with Gasteiger partial charge in [0.25, 0.3) is 5.56 Å². The Balaban J connectivity index is 1.99. The van der Waals surface area contributed by atoms with Crippen molar-refractivity contribution in [2.24, 2.45) is 0 Å². The number of hydrogen-bond acceptors (Lipinski definition) is 6. The Morgan fingerprint density at radius 3 is 2.45 bits per heavy atom. The number of nitrogens with one attached hydrogen (secondary N) is 1. The standard InChI is InChI=1S/C22H28N4O5/c1-5-11-25-20-19(21(27)26(12-6-2)22(25)28)23-18(24-20)10-8-15-7-9-16(31-14-29-3)17(13-15)30-4/h7-10,13H,5-6,11-12,14H2,1-4H3,(H,23,24). The largest absolute Gasteiger partial charge is 0.493 e. The van der Waals surface area contributed by atoms with E-state index in [0.717, 1.165) is 12.0 Å². The molecule has 9 nitrogen and oxygen atoms in total. The van der Waals surface area contributed by atoms with Crippen LogP contribution in [0.3, 0.4) is 0 Å². The molecule has 0 fully saturated rings. The normalized spacial score (nSPS) is 11.5. The lowest BCUT2D eigenvalue weighted by atomic mass is 10.2. The minimum absolute atomic E-state index is 0.125. The van der Waals surface area contributed by atoms with Crippen LogP contribution in [0.4, 0.5) is 0 Å². The summed E-state index contributed by atoms with van der Waals surface area (Å²) in [6.45, 7) is 4.90. The number of ether oxygens (including phenoxy) is 3. The maximum absolute atomic E-state index is 12.8. The number of imidazole rings is 1. The van der Waals surface area contributed by atoms with Gasteiger partial charge in [-0.15, -0.1) is 0 Å². The monoisotopic (exact) mass is 428 g/mol. The summed E-state index contributed by atoms with van der Waals surface area (Å²) in [5.41, 5.74) is 0.908. The van der Waals surface area contributed by atoms with Crippen molar-refractivity contribution >= 4 is 23.3 Å². The number of aryl methyl sites for hydroxylation is 1. The lowest BCUT2D eigenvalue weighted by Crippen LogP contribution is -2.40. The van der Waals surface area contributed by atoms with Gasteiger partial charge in [0.1, 0.15) is 11.3 Å². The van der Waals surface area contributed by atoms with Gasteiger partial charge in [-0.3, -0.25) is 13.9 Å². The third-order valence-corrected chi connectivity index (χ3v) is 4.73. The Kier molecular flexibility index (Phi) is 7.30. The lowest BCUT2D eigenvalue weighted by molar-refractivity contribution is 0.0491. The molecule has 3 rings (SSSR count). The van der Waals surface area contributed by atoms with Gasteiger partial charge in [-0.1, -0.05) is 26.0 Å². The molecule has 0 atom stereocenters. The third kappa shape index (κ3) is 4.72. The van der Waals surface area contributed by atoms with Crippen molar-refractivity contribution in [1.29, 1.82) is 0 Å². The first-order chi connectivity index (χ1) is 15.0. The predicted molar refractivity (Wildman–Crippen MR) is 120 cm³/mol. The van der Waals surface area contributed by atoms with Gasteiger partial charge >= 0.3 is 5.69 Å². The molecule has 2 aromatic heterocycles. The predicted octanol–water partition coefficient (Wildman–Crippen LogP) is 2.87. The Labute approximate surface area is 179 Å². The summed E-state index contributed by atoms with van der Waals surface area (Å²) in [5.74, 6) is 1.64.